The molecule has 5 rings (SSSR count). The second-order valence-corrected chi connectivity index (χ2v) is 11.3. The Hall–Kier alpha value is -0.700. The first-order valence-corrected chi connectivity index (χ1v) is 12.1. The number of carbonyl (C=O) groups is 1. The third-order valence-electron chi connectivity index (χ3n) is 9.86. The summed E-state index contributed by atoms with van der Waals surface area (Å²) in [5, 5.41) is 11.4. The lowest BCUT2D eigenvalue weighted by Crippen LogP contribution is -2.53. The van der Waals surface area contributed by atoms with Crippen molar-refractivity contribution in [3.63, 3.8) is 0 Å². The first-order valence-electron chi connectivity index (χ1n) is 12.1. The molecule has 1 aliphatic heterocycles. The van der Waals surface area contributed by atoms with Crippen molar-refractivity contribution in [2.75, 3.05) is 13.1 Å². The number of hydrogen-bond donors (Lipinski definition) is 2. The fraction of sp³-hybridized carbons (Fsp3) is 0.920. The Morgan fingerprint density at radius 1 is 0.929 bits per heavy atom. The van der Waals surface area contributed by atoms with E-state index in [1.165, 1.54) is 51.6 Å². The molecule has 3 nitrogen and oxygen atoms in total. The van der Waals surface area contributed by atoms with Crippen molar-refractivity contribution >= 4 is 11.5 Å². The molecule has 6 atom stereocenters. The molecule has 1 saturated heterocycles. The molecule has 1 heterocycles. The van der Waals surface area contributed by atoms with Gasteiger partial charge in [0, 0.05) is 17.5 Å². The fourth-order valence-electron chi connectivity index (χ4n) is 7.82. The molecule has 0 radical (unpaired) electrons. The predicted octanol–water partition coefficient (Wildman–Crippen LogP) is 5.62. The highest BCUT2D eigenvalue weighted by molar-refractivity contribution is 5.87. The third-order valence-corrected chi connectivity index (χ3v) is 9.86. The maximum Gasteiger partial charge on any atom is 0.139 e. The van der Waals surface area contributed by atoms with Crippen LogP contribution in [0.25, 0.3) is 0 Å². The number of hydrogen-bond acceptors (Lipinski definition) is 3. The average Bonchev–Trinajstić information content (AvgIpc) is 2.98. The van der Waals surface area contributed by atoms with Crippen LogP contribution in [0.1, 0.15) is 91.4 Å². The maximum atomic E-state index is 12.4. The first kappa shape index (κ1) is 20.6. The molecule has 0 spiro atoms. The summed E-state index contributed by atoms with van der Waals surface area (Å²) >= 11 is 0. The van der Waals surface area contributed by atoms with Crippen LogP contribution >= 0.6 is 0 Å². The van der Waals surface area contributed by atoms with Gasteiger partial charge in [-0.15, -0.1) is 0 Å². The normalized spacial score (nSPS) is 46.1. The molecule has 5 fully saturated rings. The van der Waals surface area contributed by atoms with Crippen LogP contribution in [0.4, 0.5) is 0 Å². The summed E-state index contributed by atoms with van der Waals surface area (Å²) in [5.41, 5.74) is 1.47. The van der Waals surface area contributed by atoms with Crippen molar-refractivity contribution in [2.24, 2.45) is 40.4 Å². The molecular weight excluding hydrogens is 344 g/mol. The minimum Gasteiger partial charge on any atom is -0.317 e. The van der Waals surface area contributed by atoms with Crippen molar-refractivity contribution in [3.8, 4) is 0 Å². The molecule has 2 N–H and O–H groups in total. The van der Waals surface area contributed by atoms with E-state index in [0.29, 0.717) is 17.1 Å². The van der Waals surface area contributed by atoms with Gasteiger partial charge >= 0.3 is 0 Å². The van der Waals surface area contributed by atoms with Crippen LogP contribution < -0.4 is 5.32 Å². The van der Waals surface area contributed by atoms with Crippen molar-refractivity contribution < 1.29 is 4.79 Å². The summed E-state index contributed by atoms with van der Waals surface area (Å²) in [7, 11) is 0. The number of nitrogens with one attached hydrogen (secondary N) is 2. The Morgan fingerprint density at radius 2 is 1.68 bits per heavy atom. The van der Waals surface area contributed by atoms with Gasteiger partial charge in [-0.1, -0.05) is 20.8 Å². The Balaban J connectivity index is 0.000000233. The molecule has 4 aliphatic carbocycles. The maximum absolute atomic E-state index is 12.4. The number of ketones is 1. The fourth-order valence-corrected chi connectivity index (χ4v) is 7.82. The van der Waals surface area contributed by atoms with Gasteiger partial charge in [0.15, 0.2) is 0 Å². The zero-order valence-corrected chi connectivity index (χ0v) is 18.5. The number of fused-ring (bicyclic) bond motifs is 5. The molecule has 0 aromatic rings. The van der Waals surface area contributed by atoms with Crippen LogP contribution in [0.5, 0.6) is 0 Å². The molecule has 3 heteroatoms. The summed E-state index contributed by atoms with van der Waals surface area (Å²) < 4.78 is 0. The molecule has 28 heavy (non-hydrogen) atoms. The smallest absolute Gasteiger partial charge is 0.139 e. The SMILES string of the molecule is CC1CCNCC1.C[C@]12CCC(=N)CC1CCC1C2CC[C@]2(C)C(=O)CCC12. The van der Waals surface area contributed by atoms with Crippen LogP contribution in [0.15, 0.2) is 0 Å². The van der Waals surface area contributed by atoms with Gasteiger partial charge in [-0.3, -0.25) is 4.79 Å². The van der Waals surface area contributed by atoms with E-state index in [1.54, 1.807) is 0 Å². The second kappa shape index (κ2) is 7.85. The van der Waals surface area contributed by atoms with Gasteiger partial charge in [-0.2, -0.15) is 0 Å². The zero-order valence-electron chi connectivity index (χ0n) is 18.5. The molecule has 0 aromatic heterocycles. The minimum absolute atomic E-state index is 0.0196. The summed E-state index contributed by atoms with van der Waals surface area (Å²) in [6, 6.07) is 0. The van der Waals surface area contributed by atoms with Crippen LogP contribution in [0, 0.1) is 45.8 Å². The van der Waals surface area contributed by atoms with Crippen molar-refractivity contribution in [3.05, 3.63) is 0 Å². The first-order chi connectivity index (χ1) is 13.3. The number of Topliss-reactive ketones (excluding diaryl/α,β-unsaturated/α-hetero) is 1. The minimum atomic E-state index is 0.0196. The van der Waals surface area contributed by atoms with Crippen molar-refractivity contribution in [1.29, 1.82) is 5.41 Å². The molecule has 4 saturated carbocycles. The van der Waals surface area contributed by atoms with Gasteiger partial charge in [0.1, 0.15) is 5.78 Å². The summed E-state index contributed by atoms with van der Waals surface area (Å²) in [6.07, 6.45) is 13.1. The van der Waals surface area contributed by atoms with E-state index < -0.39 is 0 Å². The second-order valence-electron chi connectivity index (χ2n) is 11.3. The summed E-state index contributed by atoms with van der Waals surface area (Å²) in [6.45, 7) is 9.59. The lowest BCUT2D eigenvalue weighted by molar-refractivity contribution is -0.136. The van der Waals surface area contributed by atoms with Crippen LogP contribution in [0.2, 0.25) is 0 Å². The topological polar surface area (TPSA) is 53.0 Å². The van der Waals surface area contributed by atoms with Crippen molar-refractivity contribution in [2.45, 2.75) is 91.4 Å². The van der Waals surface area contributed by atoms with Gasteiger partial charge < -0.3 is 10.7 Å². The van der Waals surface area contributed by atoms with Gasteiger partial charge in [-0.05, 0) is 112 Å². The molecule has 4 unspecified atom stereocenters. The Morgan fingerprint density at radius 3 is 2.36 bits per heavy atom. The highest BCUT2D eigenvalue weighted by Crippen LogP contribution is 2.65. The lowest BCUT2D eigenvalue weighted by Gasteiger charge is -2.59. The van der Waals surface area contributed by atoms with Crippen LogP contribution in [-0.4, -0.2) is 24.6 Å². The summed E-state index contributed by atoms with van der Waals surface area (Å²) in [4.78, 5) is 12.4. The lowest BCUT2D eigenvalue weighted by atomic mass is 9.45. The van der Waals surface area contributed by atoms with Gasteiger partial charge in [0.2, 0.25) is 0 Å². The Bertz CT molecular complexity index is 610. The number of carbonyl (C=O) groups excluding carboxylic acids is 1. The largest absolute Gasteiger partial charge is 0.317 e. The van der Waals surface area contributed by atoms with Gasteiger partial charge in [-0.25, -0.2) is 0 Å². The molecule has 0 aromatic carbocycles. The average molecular weight is 387 g/mol. The molecule has 0 bridgehead atoms. The standard InChI is InChI=1S/C19H29NO.C6H13N/c1-18-9-7-13(20)11-12(18)3-4-14-15-5-6-17(21)19(15,2)10-8-16(14)18;1-6-2-4-7-5-3-6/h12,14-16,20H,3-11H2,1-2H3;6-7H,2-5H2,1H3/t12?,14?,15?,16?,18-,19-;/m0./s1. The van der Waals surface area contributed by atoms with E-state index in [4.69, 9.17) is 5.41 Å². The zero-order chi connectivity index (χ0) is 19.9. The highest BCUT2D eigenvalue weighted by Gasteiger charge is 2.59. The molecule has 158 valence electrons. The van der Waals surface area contributed by atoms with Gasteiger partial charge in [0.05, 0.1) is 0 Å². The van der Waals surface area contributed by atoms with Gasteiger partial charge in [0.25, 0.3) is 0 Å². The number of piperidine rings is 1. The Labute approximate surface area is 172 Å². The van der Waals surface area contributed by atoms with E-state index in [0.717, 1.165) is 61.5 Å². The predicted molar refractivity (Wildman–Crippen MR) is 116 cm³/mol. The quantitative estimate of drug-likeness (QED) is 0.567. The van der Waals surface area contributed by atoms with E-state index in [-0.39, 0.29) is 5.41 Å². The monoisotopic (exact) mass is 386 g/mol. The van der Waals surface area contributed by atoms with Crippen molar-refractivity contribution in [1.82, 2.24) is 5.32 Å². The van der Waals surface area contributed by atoms with E-state index >= 15 is 0 Å². The van der Waals surface area contributed by atoms with Crippen LogP contribution in [-0.2, 0) is 4.79 Å². The van der Waals surface area contributed by atoms with E-state index in [1.807, 2.05) is 0 Å². The van der Waals surface area contributed by atoms with Crippen LogP contribution in [0.3, 0.4) is 0 Å². The third kappa shape index (κ3) is 3.50. The van der Waals surface area contributed by atoms with E-state index in [2.05, 4.69) is 26.1 Å². The Kier molecular flexibility index (Phi) is 5.77. The summed E-state index contributed by atoms with van der Waals surface area (Å²) in [5.74, 6) is 4.58. The molecule has 5 aliphatic rings. The highest BCUT2D eigenvalue weighted by atomic mass is 16.1. The van der Waals surface area contributed by atoms with E-state index in [9.17, 15) is 4.79 Å². The number of rotatable bonds is 0. The molecular formula is C25H42N2O. The molecule has 0 amide bonds.